The fourth-order valence-electron chi connectivity index (χ4n) is 2.86. The monoisotopic (exact) mass is 425 g/mol. The van der Waals surface area contributed by atoms with Crippen molar-refractivity contribution in [1.82, 2.24) is 15.1 Å². The van der Waals surface area contributed by atoms with E-state index in [4.69, 9.17) is 19.3 Å². The molecule has 9 heteroatoms. The van der Waals surface area contributed by atoms with Gasteiger partial charge in [0.15, 0.2) is 5.69 Å². The van der Waals surface area contributed by atoms with E-state index in [1.165, 1.54) is 0 Å². The lowest BCUT2D eigenvalue weighted by Gasteiger charge is -2.10. The molecule has 2 aromatic carbocycles. The normalized spacial score (nSPS) is 10.4. The molecule has 162 valence electrons. The molecule has 0 aliphatic heterocycles. The maximum atomic E-state index is 12.2. The van der Waals surface area contributed by atoms with Gasteiger partial charge in [-0.1, -0.05) is 0 Å². The maximum Gasteiger partial charge on any atom is 0.404 e. The van der Waals surface area contributed by atoms with Crippen LogP contribution in [0.3, 0.4) is 0 Å². The minimum Gasteiger partial charge on any atom is -0.497 e. The number of rotatable bonds is 9. The molecule has 0 aliphatic carbocycles. The molecule has 3 aromatic rings. The van der Waals surface area contributed by atoms with Crippen LogP contribution in [0.15, 0.2) is 54.6 Å². The van der Waals surface area contributed by atoms with Gasteiger partial charge >= 0.3 is 12.1 Å². The highest BCUT2D eigenvalue weighted by molar-refractivity contribution is 5.89. The molecule has 1 amide bonds. The quantitative estimate of drug-likeness (QED) is 0.399. The fraction of sp³-hybridized carbons (Fsp3) is 0.227. The van der Waals surface area contributed by atoms with Crippen LogP contribution in [-0.2, 0) is 4.74 Å². The molecule has 0 spiro atoms. The summed E-state index contributed by atoms with van der Waals surface area (Å²) in [6.45, 7) is 2.39. The zero-order valence-corrected chi connectivity index (χ0v) is 17.2. The second kappa shape index (κ2) is 10.1. The molecule has 2 N–H and O–H groups in total. The molecular weight excluding hydrogens is 402 g/mol. The van der Waals surface area contributed by atoms with Crippen LogP contribution in [0.5, 0.6) is 11.5 Å². The van der Waals surface area contributed by atoms with Crippen molar-refractivity contribution in [1.29, 1.82) is 0 Å². The molecule has 0 radical (unpaired) electrons. The Morgan fingerprint density at radius 3 is 2.35 bits per heavy atom. The third-order valence-electron chi connectivity index (χ3n) is 4.31. The summed E-state index contributed by atoms with van der Waals surface area (Å²) in [5, 5.41) is 15.3. The molecule has 0 bridgehead atoms. The summed E-state index contributed by atoms with van der Waals surface area (Å²) in [6.07, 6.45) is -1.09. The number of carboxylic acid groups (broad SMARTS) is 1. The Bertz CT molecular complexity index is 1030. The van der Waals surface area contributed by atoms with Crippen molar-refractivity contribution in [3.05, 3.63) is 60.3 Å². The number of carbonyl (C=O) groups is 2. The van der Waals surface area contributed by atoms with E-state index in [1.54, 1.807) is 36.9 Å². The van der Waals surface area contributed by atoms with Gasteiger partial charge in [0.1, 0.15) is 18.1 Å². The maximum absolute atomic E-state index is 12.2. The summed E-state index contributed by atoms with van der Waals surface area (Å²) in [5.74, 6) is 0.806. The van der Waals surface area contributed by atoms with Gasteiger partial charge < -0.3 is 24.6 Å². The largest absolute Gasteiger partial charge is 0.497 e. The Morgan fingerprint density at radius 1 is 1.06 bits per heavy atom. The summed E-state index contributed by atoms with van der Waals surface area (Å²) in [7, 11) is 1.59. The van der Waals surface area contributed by atoms with E-state index in [9.17, 15) is 9.59 Å². The van der Waals surface area contributed by atoms with Crippen LogP contribution in [0, 0.1) is 0 Å². The first kappa shape index (κ1) is 21.7. The van der Waals surface area contributed by atoms with Gasteiger partial charge in [0.05, 0.1) is 31.6 Å². The average molecular weight is 425 g/mol. The van der Waals surface area contributed by atoms with Gasteiger partial charge in [-0.2, -0.15) is 5.10 Å². The molecule has 9 nitrogen and oxygen atoms in total. The van der Waals surface area contributed by atoms with Crippen LogP contribution in [0.4, 0.5) is 4.79 Å². The molecule has 1 heterocycles. The topological polar surface area (TPSA) is 112 Å². The van der Waals surface area contributed by atoms with Crippen LogP contribution < -0.4 is 14.8 Å². The predicted molar refractivity (Wildman–Crippen MR) is 113 cm³/mol. The van der Waals surface area contributed by atoms with Gasteiger partial charge in [0.2, 0.25) is 0 Å². The molecule has 31 heavy (non-hydrogen) atoms. The number of carbonyl (C=O) groups excluding carboxylic acids is 1. The number of aromatic nitrogens is 2. The number of benzene rings is 2. The number of hydrogen-bond donors (Lipinski definition) is 2. The lowest BCUT2D eigenvalue weighted by molar-refractivity contribution is 0.0519. The SMILES string of the molecule is CCOC(=O)c1cc(-c2ccc(OCCNC(=O)O)cc2)n(-c2ccc(OC)cc2)n1. The van der Waals surface area contributed by atoms with E-state index < -0.39 is 12.1 Å². The van der Waals surface area contributed by atoms with Crippen LogP contribution in [0.1, 0.15) is 17.4 Å². The number of hydrogen-bond acceptors (Lipinski definition) is 6. The summed E-state index contributed by atoms with van der Waals surface area (Å²) in [6, 6.07) is 16.2. The minimum atomic E-state index is -1.09. The fourth-order valence-corrected chi connectivity index (χ4v) is 2.86. The van der Waals surface area contributed by atoms with Crippen molar-refractivity contribution in [2.75, 3.05) is 26.9 Å². The highest BCUT2D eigenvalue weighted by Crippen LogP contribution is 2.27. The summed E-state index contributed by atoms with van der Waals surface area (Å²) < 4.78 is 17.5. The number of methoxy groups -OCH3 is 1. The Balaban J connectivity index is 1.87. The third-order valence-corrected chi connectivity index (χ3v) is 4.31. The Morgan fingerprint density at radius 2 is 1.74 bits per heavy atom. The summed E-state index contributed by atoms with van der Waals surface area (Å²) >= 11 is 0. The molecule has 0 atom stereocenters. The molecule has 3 rings (SSSR count). The smallest absolute Gasteiger partial charge is 0.404 e. The molecule has 0 aliphatic rings. The van der Waals surface area contributed by atoms with Crippen LogP contribution in [0.25, 0.3) is 16.9 Å². The summed E-state index contributed by atoms with van der Waals surface area (Å²) in [5.41, 5.74) is 2.47. The van der Waals surface area contributed by atoms with E-state index in [2.05, 4.69) is 10.4 Å². The van der Waals surface area contributed by atoms with Crippen molar-refractivity contribution in [2.45, 2.75) is 6.92 Å². The van der Waals surface area contributed by atoms with Crippen molar-refractivity contribution in [2.24, 2.45) is 0 Å². The van der Waals surface area contributed by atoms with E-state index in [0.717, 1.165) is 11.3 Å². The van der Waals surface area contributed by atoms with Gasteiger partial charge in [-0.15, -0.1) is 0 Å². The second-order valence-electron chi connectivity index (χ2n) is 6.35. The molecule has 1 aromatic heterocycles. The zero-order chi connectivity index (χ0) is 22.2. The van der Waals surface area contributed by atoms with E-state index in [1.807, 2.05) is 36.4 Å². The minimum absolute atomic E-state index is 0.185. The van der Waals surface area contributed by atoms with E-state index >= 15 is 0 Å². The Hall–Kier alpha value is -4.01. The molecular formula is C22H23N3O6. The first-order chi connectivity index (χ1) is 15.0. The first-order valence-corrected chi connectivity index (χ1v) is 9.63. The molecule has 0 fully saturated rings. The second-order valence-corrected chi connectivity index (χ2v) is 6.35. The van der Waals surface area contributed by atoms with Crippen molar-refractivity contribution >= 4 is 12.1 Å². The van der Waals surface area contributed by atoms with E-state index in [0.29, 0.717) is 17.2 Å². The number of esters is 1. The van der Waals surface area contributed by atoms with Gasteiger partial charge in [-0.25, -0.2) is 14.3 Å². The van der Waals surface area contributed by atoms with Gasteiger partial charge in [-0.3, -0.25) is 0 Å². The highest BCUT2D eigenvalue weighted by atomic mass is 16.5. The molecule has 0 saturated heterocycles. The number of amides is 1. The van der Waals surface area contributed by atoms with Crippen molar-refractivity contribution in [3.8, 4) is 28.4 Å². The molecule has 0 unspecified atom stereocenters. The van der Waals surface area contributed by atoms with Gasteiger partial charge in [-0.05, 0) is 61.5 Å². The number of ether oxygens (including phenoxy) is 3. The van der Waals surface area contributed by atoms with Crippen LogP contribution in [-0.4, -0.2) is 53.8 Å². The Kier molecular flexibility index (Phi) is 7.10. The van der Waals surface area contributed by atoms with Crippen molar-refractivity contribution in [3.63, 3.8) is 0 Å². The lowest BCUT2D eigenvalue weighted by Crippen LogP contribution is -2.26. The van der Waals surface area contributed by atoms with Gasteiger partial charge in [0.25, 0.3) is 0 Å². The molecule has 0 saturated carbocycles. The highest BCUT2D eigenvalue weighted by Gasteiger charge is 2.18. The van der Waals surface area contributed by atoms with Crippen LogP contribution in [0.2, 0.25) is 0 Å². The summed E-state index contributed by atoms with van der Waals surface area (Å²) in [4.78, 5) is 22.7. The zero-order valence-electron chi connectivity index (χ0n) is 17.2. The standard InChI is InChI=1S/C22H23N3O6/c1-3-30-21(26)19-14-20(25(24-19)16-6-10-17(29-2)11-7-16)15-4-8-18(9-5-15)31-13-12-23-22(27)28/h4-11,14,23H,3,12-13H2,1-2H3,(H,27,28). The van der Waals surface area contributed by atoms with Gasteiger partial charge in [0, 0.05) is 5.56 Å². The average Bonchev–Trinajstić information content (AvgIpc) is 3.23. The van der Waals surface area contributed by atoms with E-state index in [-0.39, 0.29) is 25.5 Å². The van der Waals surface area contributed by atoms with Crippen LogP contribution >= 0.6 is 0 Å². The third kappa shape index (κ3) is 5.53. The number of nitrogens with zero attached hydrogens (tertiary/aromatic N) is 2. The predicted octanol–water partition coefficient (Wildman–Crippen LogP) is 3.37. The lowest BCUT2D eigenvalue weighted by atomic mass is 10.1. The first-order valence-electron chi connectivity index (χ1n) is 9.63. The van der Waals surface area contributed by atoms with Crippen molar-refractivity contribution < 1.29 is 28.9 Å². The number of nitrogens with one attached hydrogen (secondary N) is 1. The Labute approximate surface area is 179 Å².